The van der Waals surface area contributed by atoms with Gasteiger partial charge in [0.15, 0.2) is 11.5 Å². The fourth-order valence-corrected chi connectivity index (χ4v) is 3.07. The van der Waals surface area contributed by atoms with E-state index < -0.39 is 5.91 Å². The Morgan fingerprint density at radius 2 is 2.04 bits per heavy atom. The number of fused-ring (bicyclic) bond motifs is 1. The lowest BCUT2D eigenvalue weighted by molar-refractivity contribution is 0.0532. The van der Waals surface area contributed by atoms with E-state index in [1.54, 1.807) is 25.1 Å². The molecule has 0 fully saturated rings. The Balaban J connectivity index is 1.84. The van der Waals surface area contributed by atoms with E-state index in [9.17, 15) is 9.59 Å². The molecule has 8 heteroatoms. The molecule has 122 valence electrons. The predicted octanol–water partition coefficient (Wildman–Crippen LogP) is 2.70. The van der Waals surface area contributed by atoms with Gasteiger partial charge in [-0.2, -0.15) is 0 Å². The summed E-state index contributed by atoms with van der Waals surface area (Å²) >= 11 is 1.34. The summed E-state index contributed by atoms with van der Waals surface area (Å²) in [6.45, 7) is 2.09. The maximum atomic E-state index is 12.2. The van der Waals surface area contributed by atoms with Gasteiger partial charge in [0.05, 0.1) is 6.61 Å². The van der Waals surface area contributed by atoms with Crippen LogP contribution in [-0.4, -0.2) is 28.5 Å². The zero-order chi connectivity index (χ0) is 17.1. The van der Waals surface area contributed by atoms with Crippen molar-refractivity contribution in [2.45, 2.75) is 6.92 Å². The maximum absolute atomic E-state index is 12.2. The van der Waals surface area contributed by atoms with E-state index in [4.69, 9.17) is 10.5 Å². The third kappa shape index (κ3) is 3.18. The number of nitrogen functional groups attached to an aromatic ring is 1. The minimum absolute atomic E-state index is 0.0649. The largest absolute Gasteiger partial charge is 0.462 e. The Labute approximate surface area is 141 Å². The zero-order valence-corrected chi connectivity index (χ0v) is 13.6. The van der Waals surface area contributed by atoms with Gasteiger partial charge in [-0.05, 0) is 36.6 Å². The van der Waals surface area contributed by atoms with Crippen LogP contribution in [0.5, 0.6) is 0 Å². The van der Waals surface area contributed by atoms with Crippen molar-refractivity contribution in [3.63, 3.8) is 0 Å². The Morgan fingerprint density at radius 1 is 1.25 bits per heavy atom. The van der Waals surface area contributed by atoms with E-state index in [0.29, 0.717) is 17.2 Å². The molecule has 0 saturated heterocycles. The van der Waals surface area contributed by atoms with Crippen LogP contribution in [0.4, 0.5) is 11.5 Å². The number of hydrogen-bond acceptors (Lipinski definition) is 7. The van der Waals surface area contributed by atoms with E-state index in [0.717, 1.165) is 10.1 Å². The van der Waals surface area contributed by atoms with Crippen molar-refractivity contribution in [1.82, 2.24) is 9.97 Å². The van der Waals surface area contributed by atoms with Gasteiger partial charge in [0.25, 0.3) is 5.91 Å². The van der Waals surface area contributed by atoms with E-state index in [1.807, 2.05) is 6.07 Å². The van der Waals surface area contributed by atoms with Crippen LogP contribution in [0.15, 0.2) is 36.7 Å². The van der Waals surface area contributed by atoms with Gasteiger partial charge in [-0.25, -0.2) is 14.8 Å². The van der Waals surface area contributed by atoms with Gasteiger partial charge in [-0.1, -0.05) is 0 Å². The third-order valence-electron chi connectivity index (χ3n) is 3.19. The molecule has 7 nitrogen and oxygen atoms in total. The number of carbonyl (C=O) groups excluding carboxylic acids is 2. The number of amides is 1. The summed E-state index contributed by atoms with van der Waals surface area (Å²) in [5.41, 5.74) is 6.29. The molecule has 0 spiro atoms. The number of carbonyl (C=O) groups is 2. The van der Waals surface area contributed by atoms with Gasteiger partial charge in [-0.3, -0.25) is 4.79 Å². The molecule has 2 heterocycles. The average molecular weight is 342 g/mol. The van der Waals surface area contributed by atoms with Gasteiger partial charge in [0.1, 0.15) is 4.88 Å². The van der Waals surface area contributed by atoms with Gasteiger partial charge in [0, 0.05) is 22.8 Å². The molecule has 3 N–H and O–H groups in total. The molecule has 0 aliphatic rings. The quantitative estimate of drug-likeness (QED) is 0.706. The number of nitrogens with two attached hydrogens (primary N) is 1. The monoisotopic (exact) mass is 342 g/mol. The summed E-state index contributed by atoms with van der Waals surface area (Å²) in [6, 6.07) is 7.10. The summed E-state index contributed by atoms with van der Waals surface area (Å²) in [6.07, 6.45) is 2.82. The van der Waals surface area contributed by atoms with E-state index >= 15 is 0 Å². The highest BCUT2D eigenvalue weighted by molar-refractivity contribution is 7.20. The Kier molecular flexibility index (Phi) is 4.39. The highest BCUT2D eigenvalue weighted by Gasteiger charge is 2.14. The number of nitrogens with zero attached hydrogens (tertiary/aromatic N) is 2. The number of benzene rings is 1. The predicted molar refractivity (Wildman–Crippen MR) is 92.2 cm³/mol. The number of thiophene rings is 1. The van der Waals surface area contributed by atoms with Crippen LogP contribution in [0, 0.1) is 0 Å². The molecule has 2 aromatic heterocycles. The Bertz CT molecular complexity index is 923. The second kappa shape index (κ2) is 6.63. The molecular weight excluding hydrogens is 328 g/mol. The topological polar surface area (TPSA) is 107 Å². The van der Waals surface area contributed by atoms with E-state index in [2.05, 4.69) is 15.3 Å². The van der Waals surface area contributed by atoms with Gasteiger partial charge in [0.2, 0.25) is 0 Å². The summed E-state index contributed by atoms with van der Waals surface area (Å²) in [5, 5.41) is 3.56. The van der Waals surface area contributed by atoms with Crippen LogP contribution in [-0.2, 0) is 4.74 Å². The van der Waals surface area contributed by atoms with E-state index in [-0.39, 0.29) is 17.5 Å². The summed E-state index contributed by atoms with van der Waals surface area (Å²) < 4.78 is 5.92. The third-order valence-corrected chi connectivity index (χ3v) is 4.29. The zero-order valence-electron chi connectivity index (χ0n) is 12.8. The molecule has 0 aliphatic carbocycles. The molecule has 0 unspecified atom stereocenters. The molecule has 0 bridgehead atoms. The maximum Gasteiger partial charge on any atom is 0.348 e. The van der Waals surface area contributed by atoms with Crippen LogP contribution < -0.4 is 11.1 Å². The molecule has 3 aromatic rings. The van der Waals surface area contributed by atoms with Gasteiger partial charge in [-0.15, -0.1) is 11.3 Å². The highest BCUT2D eigenvalue weighted by atomic mass is 32.1. The summed E-state index contributed by atoms with van der Waals surface area (Å²) in [5.74, 6) is -0.728. The molecule has 1 amide bonds. The molecule has 0 atom stereocenters. The highest BCUT2D eigenvalue weighted by Crippen LogP contribution is 2.29. The first-order valence-corrected chi connectivity index (χ1v) is 7.98. The number of nitrogens with one attached hydrogen (secondary N) is 1. The number of anilines is 2. The fraction of sp³-hybridized carbons (Fsp3) is 0.125. The first kappa shape index (κ1) is 15.9. The average Bonchev–Trinajstić information content (AvgIpc) is 2.99. The minimum atomic E-state index is -0.444. The van der Waals surface area contributed by atoms with Crippen molar-refractivity contribution >= 4 is 44.8 Å². The number of rotatable bonds is 4. The molecular formula is C16H14N4O3S. The second-order valence-corrected chi connectivity index (χ2v) is 5.91. The number of ether oxygens (including phenoxy) is 1. The lowest BCUT2D eigenvalue weighted by Gasteiger charge is -2.05. The van der Waals surface area contributed by atoms with Gasteiger partial charge < -0.3 is 15.8 Å². The summed E-state index contributed by atoms with van der Waals surface area (Å²) in [7, 11) is 0. The van der Waals surface area contributed by atoms with Crippen molar-refractivity contribution in [3.8, 4) is 0 Å². The summed E-state index contributed by atoms with van der Waals surface area (Å²) in [4.78, 5) is 32.3. The normalized spacial score (nSPS) is 10.5. The molecule has 1 aromatic carbocycles. The smallest absolute Gasteiger partial charge is 0.348 e. The lowest BCUT2D eigenvalue weighted by atomic mass is 10.2. The van der Waals surface area contributed by atoms with Crippen LogP contribution >= 0.6 is 11.3 Å². The molecule has 0 saturated carbocycles. The van der Waals surface area contributed by atoms with E-state index in [1.165, 1.54) is 23.7 Å². The minimum Gasteiger partial charge on any atom is -0.462 e. The number of hydrogen-bond donors (Lipinski definition) is 2. The van der Waals surface area contributed by atoms with Gasteiger partial charge >= 0.3 is 5.97 Å². The second-order valence-electron chi connectivity index (χ2n) is 4.83. The van der Waals surface area contributed by atoms with Crippen LogP contribution in [0.1, 0.15) is 27.1 Å². The van der Waals surface area contributed by atoms with Crippen molar-refractivity contribution in [1.29, 1.82) is 0 Å². The first-order chi connectivity index (χ1) is 11.6. The Morgan fingerprint density at radius 3 is 2.79 bits per heavy atom. The molecule has 0 radical (unpaired) electrons. The Hall–Kier alpha value is -3.00. The standard InChI is InChI=1S/C16H14N4O3S/c1-2-23-16(22)12-8-9-7-10(3-4-11(9)24-12)20-15(21)13-14(17)19-6-5-18-13/h3-8H,2H2,1H3,(H2,17,19)(H,20,21). The first-order valence-electron chi connectivity index (χ1n) is 7.17. The van der Waals surface area contributed by atoms with Crippen molar-refractivity contribution in [2.75, 3.05) is 17.7 Å². The molecule has 3 rings (SSSR count). The molecule has 0 aliphatic heterocycles. The van der Waals surface area contributed by atoms with Crippen molar-refractivity contribution in [2.24, 2.45) is 0 Å². The number of aromatic nitrogens is 2. The van der Waals surface area contributed by atoms with Crippen LogP contribution in [0.2, 0.25) is 0 Å². The lowest BCUT2D eigenvalue weighted by Crippen LogP contribution is -2.16. The SMILES string of the molecule is CCOC(=O)c1cc2cc(NC(=O)c3nccnc3N)ccc2s1. The van der Waals surface area contributed by atoms with Crippen molar-refractivity contribution in [3.05, 3.63) is 47.2 Å². The van der Waals surface area contributed by atoms with Crippen molar-refractivity contribution < 1.29 is 14.3 Å². The fourth-order valence-electron chi connectivity index (χ4n) is 2.14. The molecule has 24 heavy (non-hydrogen) atoms. The number of esters is 1. The van der Waals surface area contributed by atoms with Crippen LogP contribution in [0.3, 0.4) is 0 Å². The van der Waals surface area contributed by atoms with Crippen LogP contribution in [0.25, 0.3) is 10.1 Å².